The minimum Gasteiger partial charge on any atom is -0.303 e. The van der Waals surface area contributed by atoms with E-state index in [4.69, 9.17) is 13.9 Å². The van der Waals surface area contributed by atoms with Crippen molar-refractivity contribution in [1.82, 2.24) is 30.9 Å². The normalized spacial score (nSPS) is 12.0. The molecule has 12 rings (SSSR count). The molecule has 0 unspecified atom stereocenters. The molecule has 12 aromatic rings. The number of aromatic nitrogens is 6. The molecule has 10 heteroatoms. The van der Waals surface area contributed by atoms with E-state index >= 15 is 0 Å². The molecule has 3 heterocycles. The van der Waals surface area contributed by atoms with Crippen LogP contribution >= 0.6 is 0 Å². The molecule has 0 aliphatic heterocycles. The summed E-state index contributed by atoms with van der Waals surface area (Å²) in [5.41, 5.74) is 11.5. The molecule has 0 bridgehead atoms. The lowest BCUT2D eigenvalue weighted by atomic mass is 9.90. The standard InChI is InChI=1S/C48H29N7O3/c1-26-23-40(45-47(53-57-51-45)42(26)36-18-9-17-33-30-13-5-3-11-28(30)21-22-35(33)36)55(39-20-10-19-38-44(39)50-56-49-38)41-24-27(2)43(48-46(41)52-58-54-48)37-25-29-12-4-6-14-31(29)32-15-7-8-16-34(32)37/h3-25H,1-2H3. The molecular weight excluding hydrogens is 723 g/mol. The van der Waals surface area contributed by atoms with E-state index in [1.54, 1.807) is 0 Å². The van der Waals surface area contributed by atoms with Gasteiger partial charge in [0.2, 0.25) is 0 Å². The van der Waals surface area contributed by atoms with Crippen molar-refractivity contribution >= 4 is 93.3 Å². The highest BCUT2D eigenvalue weighted by atomic mass is 16.6. The van der Waals surface area contributed by atoms with Crippen LogP contribution < -0.4 is 4.90 Å². The van der Waals surface area contributed by atoms with Crippen molar-refractivity contribution in [3.63, 3.8) is 0 Å². The highest BCUT2D eigenvalue weighted by molar-refractivity contribution is 6.19. The second kappa shape index (κ2) is 12.3. The van der Waals surface area contributed by atoms with Crippen LogP contribution in [0.25, 0.3) is 98.4 Å². The molecule has 0 N–H and O–H groups in total. The van der Waals surface area contributed by atoms with Gasteiger partial charge in [-0.2, -0.15) is 0 Å². The van der Waals surface area contributed by atoms with Crippen molar-refractivity contribution in [2.24, 2.45) is 0 Å². The molecule has 3 aromatic heterocycles. The van der Waals surface area contributed by atoms with Gasteiger partial charge in [-0.25, -0.2) is 13.9 Å². The summed E-state index contributed by atoms with van der Waals surface area (Å²) >= 11 is 0. The van der Waals surface area contributed by atoms with Crippen LogP contribution in [0.3, 0.4) is 0 Å². The molecule has 0 amide bonds. The summed E-state index contributed by atoms with van der Waals surface area (Å²) in [5, 5.41) is 36.2. The number of nitrogens with zero attached hydrogens (tertiary/aromatic N) is 7. The number of rotatable bonds is 5. The third kappa shape index (κ3) is 4.59. The molecule has 0 aliphatic rings. The van der Waals surface area contributed by atoms with Crippen LogP contribution in [0.2, 0.25) is 0 Å². The zero-order chi connectivity index (χ0) is 38.5. The van der Waals surface area contributed by atoms with E-state index in [1.807, 2.05) is 18.2 Å². The average Bonchev–Trinajstić information content (AvgIpc) is 4.06. The summed E-state index contributed by atoms with van der Waals surface area (Å²) in [7, 11) is 0. The van der Waals surface area contributed by atoms with E-state index < -0.39 is 0 Å². The number of hydrogen-bond donors (Lipinski definition) is 0. The van der Waals surface area contributed by atoms with Gasteiger partial charge in [-0.3, -0.25) is 0 Å². The Kier molecular flexibility index (Phi) is 6.82. The smallest absolute Gasteiger partial charge is 0.159 e. The summed E-state index contributed by atoms with van der Waals surface area (Å²) in [5.74, 6) is 0. The number of hydrogen-bond acceptors (Lipinski definition) is 10. The first kappa shape index (κ1) is 32.3. The van der Waals surface area contributed by atoms with Crippen molar-refractivity contribution in [2.75, 3.05) is 4.90 Å². The Morgan fingerprint density at radius 1 is 0.362 bits per heavy atom. The maximum absolute atomic E-state index is 5.64. The molecule has 0 fully saturated rings. The maximum Gasteiger partial charge on any atom is 0.159 e. The van der Waals surface area contributed by atoms with Crippen molar-refractivity contribution < 1.29 is 13.9 Å². The Bertz CT molecular complexity index is 3640. The van der Waals surface area contributed by atoms with Gasteiger partial charge in [-0.05, 0) is 140 Å². The number of aryl methyl sites for hydroxylation is 2. The predicted molar refractivity (Wildman–Crippen MR) is 228 cm³/mol. The Morgan fingerprint density at radius 2 is 0.879 bits per heavy atom. The van der Waals surface area contributed by atoms with E-state index in [2.05, 4.69) is 171 Å². The number of benzene rings is 9. The maximum atomic E-state index is 5.64. The molecule has 274 valence electrons. The van der Waals surface area contributed by atoms with Crippen LogP contribution in [-0.4, -0.2) is 30.9 Å². The van der Waals surface area contributed by atoms with Crippen molar-refractivity contribution in [3.05, 3.63) is 151 Å². The zero-order valence-electron chi connectivity index (χ0n) is 31.1. The van der Waals surface area contributed by atoms with Crippen LogP contribution in [0.4, 0.5) is 17.1 Å². The van der Waals surface area contributed by atoms with Crippen LogP contribution in [0.15, 0.2) is 153 Å². The lowest BCUT2D eigenvalue weighted by Gasteiger charge is -2.27. The molecule has 0 saturated heterocycles. The SMILES string of the molecule is Cc1cc(N(c2cccc3nonc23)c2cc(C)c(-c3cc4ccccc4c4ccccc34)c3nonc23)c2nonc2c1-c1cccc2c1ccc1ccccc12. The molecule has 0 radical (unpaired) electrons. The average molecular weight is 752 g/mol. The first-order chi connectivity index (χ1) is 28.6. The summed E-state index contributed by atoms with van der Waals surface area (Å²) < 4.78 is 16.6. The van der Waals surface area contributed by atoms with Gasteiger partial charge in [-0.1, -0.05) is 109 Å². The van der Waals surface area contributed by atoms with Gasteiger partial charge >= 0.3 is 0 Å². The molecule has 9 aromatic carbocycles. The molecule has 10 nitrogen and oxygen atoms in total. The third-order valence-corrected chi connectivity index (χ3v) is 11.5. The quantitative estimate of drug-likeness (QED) is 0.157. The Balaban J connectivity index is 1.13. The molecule has 0 atom stereocenters. The lowest BCUT2D eigenvalue weighted by molar-refractivity contribution is 0.315. The monoisotopic (exact) mass is 751 g/mol. The largest absolute Gasteiger partial charge is 0.303 e. The first-order valence-corrected chi connectivity index (χ1v) is 19.0. The lowest BCUT2D eigenvalue weighted by Crippen LogP contribution is -2.13. The minimum atomic E-state index is 0.554. The molecular formula is C48H29N7O3. The first-order valence-electron chi connectivity index (χ1n) is 19.0. The molecule has 0 aliphatic carbocycles. The van der Waals surface area contributed by atoms with Gasteiger partial charge in [0, 0.05) is 11.1 Å². The van der Waals surface area contributed by atoms with E-state index in [1.165, 1.54) is 16.2 Å². The highest BCUT2D eigenvalue weighted by Gasteiger charge is 2.29. The van der Waals surface area contributed by atoms with Gasteiger partial charge < -0.3 is 4.90 Å². The number of anilines is 3. The van der Waals surface area contributed by atoms with Gasteiger partial charge in [0.25, 0.3) is 0 Å². The summed E-state index contributed by atoms with van der Waals surface area (Å²) in [6.07, 6.45) is 0. The fraction of sp³-hybridized carbons (Fsp3) is 0.0417. The Hall–Kier alpha value is -7.98. The number of fused-ring (bicyclic) bond motifs is 9. The highest BCUT2D eigenvalue weighted by Crippen LogP contribution is 2.49. The Labute approximate surface area is 328 Å². The van der Waals surface area contributed by atoms with Crippen LogP contribution in [0.5, 0.6) is 0 Å². The third-order valence-electron chi connectivity index (χ3n) is 11.5. The minimum absolute atomic E-state index is 0.554. The summed E-state index contributed by atoms with van der Waals surface area (Å²) in [4.78, 5) is 2.06. The fourth-order valence-electron chi connectivity index (χ4n) is 9.01. The van der Waals surface area contributed by atoms with E-state index in [0.29, 0.717) is 50.2 Å². The predicted octanol–water partition coefficient (Wildman–Crippen LogP) is 12.3. The van der Waals surface area contributed by atoms with Gasteiger partial charge in [0.15, 0.2) is 16.6 Å². The van der Waals surface area contributed by atoms with E-state index in [9.17, 15) is 0 Å². The second-order valence-corrected chi connectivity index (χ2v) is 14.7. The van der Waals surface area contributed by atoms with E-state index in [0.717, 1.165) is 60.3 Å². The van der Waals surface area contributed by atoms with Gasteiger partial charge in [0.05, 0.1) is 17.1 Å². The zero-order valence-corrected chi connectivity index (χ0v) is 31.1. The molecule has 0 saturated carbocycles. The molecule has 0 spiro atoms. The van der Waals surface area contributed by atoms with E-state index in [-0.39, 0.29) is 0 Å². The van der Waals surface area contributed by atoms with Crippen LogP contribution in [0, 0.1) is 13.8 Å². The van der Waals surface area contributed by atoms with Crippen LogP contribution in [-0.2, 0) is 0 Å². The molecule has 58 heavy (non-hydrogen) atoms. The second-order valence-electron chi connectivity index (χ2n) is 14.7. The summed E-state index contributed by atoms with van der Waals surface area (Å²) in [6.45, 7) is 4.19. The van der Waals surface area contributed by atoms with Crippen molar-refractivity contribution in [2.45, 2.75) is 13.8 Å². The summed E-state index contributed by atoms with van der Waals surface area (Å²) in [6, 6.07) is 48.4. The van der Waals surface area contributed by atoms with Gasteiger partial charge in [-0.15, -0.1) is 0 Å². The fourth-order valence-corrected chi connectivity index (χ4v) is 9.01. The van der Waals surface area contributed by atoms with Crippen molar-refractivity contribution in [3.8, 4) is 22.3 Å². The van der Waals surface area contributed by atoms with Crippen molar-refractivity contribution in [1.29, 1.82) is 0 Å². The van der Waals surface area contributed by atoms with Crippen LogP contribution in [0.1, 0.15) is 11.1 Å². The van der Waals surface area contributed by atoms with Gasteiger partial charge in [0.1, 0.15) is 16.6 Å². The Morgan fingerprint density at radius 3 is 1.60 bits per heavy atom. The topological polar surface area (TPSA) is 120 Å².